The first-order valence-corrected chi connectivity index (χ1v) is 10.2. The van der Waals surface area contributed by atoms with E-state index in [9.17, 15) is 0 Å². The molecule has 0 fully saturated rings. The van der Waals surface area contributed by atoms with Crippen LogP contribution < -0.4 is 0 Å². The van der Waals surface area contributed by atoms with E-state index < -0.39 is 10.3 Å². The maximum atomic E-state index is 6.03. The van der Waals surface area contributed by atoms with Crippen LogP contribution in [0.2, 0.25) is 0 Å². The van der Waals surface area contributed by atoms with Crippen LogP contribution in [0.25, 0.3) is 0 Å². The summed E-state index contributed by atoms with van der Waals surface area (Å²) in [6, 6.07) is 0. The van der Waals surface area contributed by atoms with Crippen molar-refractivity contribution in [1.82, 2.24) is 0 Å². The second kappa shape index (κ2) is 12.1. The van der Waals surface area contributed by atoms with Gasteiger partial charge in [0, 0.05) is 0 Å². The molecule has 0 aliphatic rings. The Morgan fingerprint density at radius 2 is 1.44 bits per heavy atom. The zero-order valence-electron chi connectivity index (χ0n) is 13.0. The molecule has 0 rings (SSSR count). The minimum Gasteiger partial charge on any atom is -0.337 e. The van der Waals surface area contributed by atoms with Crippen molar-refractivity contribution < 1.29 is 4.18 Å². The second-order valence-corrected chi connectivity index (χ2v) is 8.94. The summed E-state index contributed by atoms with van der Waals surface area (Å²) in [5, 5.41) is 0. The molecule has 18 heavy (non-hydrogen) atoms. The van der Waals surface area contributed by atoms with Crippen molar-refractivity contribution in [2.24, 2.45) is 0 Å². The predicted octanol–water partition coefficient (Wildman–Crippen LogP) is 5.70. The van der Waals surface area contributed by atoms with E-state index in [2.05, 4.69) is 38.5 Å². The number of allylic oxidation sites excluding steroid dienone is 2. The van der Waals surface area contributed by atoms with Crippen LogP contribution in [0.5, 0.6) is 0 Å². The first kappa shape index (κ1) is 18.0. The van der Waals surface area contributed by atoms with E-state index in [-0.39, 0.29) is 0 Å². The van der Waals surface area contributed by atoms with Crippen LogP contribution in [0.15, 0.2) is 12.2 Å². The molecule has 2 heteroatoms. The van der Waals surface area contributed by atoms with E-state index in [1.54, 1.807) is 0 Å². The summed E-state index contributed by atoms with van der Waals surface area (Å²) >= 11 is 0. The van der Waals surface area contributed by atoms with E-state index in [0.717, 1.165) is 6.61 Å². The van der Waals surface area contributed by atoms with Gasteiger partial charge in [-0.1, -0.05) is 45.3 Å². The van der Waals surface area contributed by atoms with Gasteiger partial charge in [0.15, 0.2) is 0 Å². The summed E-state index contributed by atoms with van der Waals surface area (Å²) in [6.45, 7) is 5.44. The van der Waals surface area contributed by atoms with Gasteiger partial charge in [-0.05, 0) is 50.4 Å². The monoisotopic (exact) mass is 274 g/mol. The highest BCUT2D eigenvalue weighted by molar-refractivity contribution is 8.28. The fourth-order valence-corrected chi connectivity index (χ4v) is 3.46. The lowest BCUT2D eigenvalue weighted by Crippen LogP contribution is -2.06. The van der Waals surface area contributed by atoms with Crippen LogP contribution in [0.1, 0.15) is 65.2 Å². The molecule has 0 amide bonds. The van der Waals surface area contributed by atoms with Crippen LogP contribution in [0.3, 0.4) is 0 Å². The summed E-state index contributed by atoms with van der Waals surface area (Å²) in [7, 11) is -0.773. The van der Waals surface area contributed by atoms with Gasteiger partial charge in [0.2, 0.25) is 0 Å². The Morgan fingerprint density at radius 3 is 2.06 bits per heavy atom. The third-order valence-electron chi connectivity index (χ3n) is 3.05. The Labute approximate surface area is 117 Å². The lowest BCUT2D eigenvalue weighted by molar-refractivity contribution is 0.352. The molecule has 0 N–H and O–H groups in total. The van der Waals surface area contributed by atoms with Gasteiger partial charge in [0.05, 0.1) is 6.61 Å². The normalized spacial score (nSPS) is 13.3. The van der Waals surface area contributed by atoms with E-state index in [4.69, 9.17) is 4.18 Å². The molecule has 0 radical (unpaired) electrons. The highest BCUT2D eigenvalue weighted by Crippen LogP contribution is 2.41. The van der Waals surface area contributed by atoms with Crippen LogP contribution >= 0.6 is 10.3 Å². The zero-order chi connectivity index (χ0) is 13.7. The van der Waals surface area contributed by atoms with Crippen LogP contribution in [-0.2, 0) is 4.18 Å². The van der Waals surface area contributed by atoms with Crippen molar-refractivity contribution in [2.75, 3.05) is 24.9 Å². The molecular formula is C16H34OS. The third-order valence-corrected chi connectivity index (χ3v) is 5.12. The highest BCUT2D eigenvalue weighted by Gasteiger charge is 2.10. The number of rotatable bonds is 12. The lowest BCUT2D eigenvalue weighted by Gasteiger charge is -2.30. The van der Waals surface area contributed by atoms with E-state index in [1.807, 2.05) is 0 Å². The average Bonchev–Trinajstić information content (AvgIpc) is 2.34. The molecule has 0 saturated carbocycles. The summed E-state index contributed by atoms with van der Waals surface area (Å²) in [6.07, 6.45) is 19.5. The quantitative estimate of drug-likeness (QED) is 0.328. The molecule has 0 unspecified atom stereocenters. The van der Waals surface area contributed by atoms with Crippen molar-refractivity contribution in [1.29, 1.82) is 0 Å². The molecule has 0 aromatic carbocycles. The van der Waals surface area contributed by atoms with Crippen LogP contribution in [0.4, 0.5) is 0 Å². The van der Waals surface area contributed by atoms with Gasteiger partial charge in [-0.15, -0.1) is 10.3 Å². The average molecular weight is 275 g/mol. The van der Waals surface area contributed by atoms with Gasteiger partial charge in [-0.3, -0.25) is 0 Å². The minimum absolute atomic E-state index is 0.773. The fourth-order valence-electron chi connectivity index (χ4n) is 1.78. The summed E-state index contributed by atoms with van der Waals surface area (Å²) in [4.78, 5) is 0. The topological polar surface area (TPSA) is 9.23 Å². The number of hydrogen-bond donors (Lipinski definition) is 0. The zero-order valence-corrected chi connectivity index (χ0v) is 13.9. The summed E-state index contributed by atoms with van der Waals surface area (Å²) in [5.74, 6) is 1.26. The predicted molar refractivity (Wildman–Crippen MR) is 87.7 cm³/mol. The van der Waals surface area contributed by atoms with Crippen molar-refractivity contribution in [3.63, 3.8) is 0 Å². The molecule has 0 aromatic rings. The minimum atomic E-state index is -0.773. The van der Waals surface area contributed by atoms with E-state index >= 15 is 0 Å². The molecule has 1 nitrogen and oxygen atoms in total. The number of unbranched alkanes of at least 4 members (excludes halogenated alkanes) is 5. The summed E-state index contributed by atoms with van der Waals surface area (Å²) in [5.41, 5.74) is 0. The Hall–Kier alpha value is 0.0500. The molecule has 0 heterocycles. The molecule has 0 aromatic heterocycles. The Balaban J connectivity index is 3.38. The molecule has 0 aliphatic heterocycles. The molecule has 0 aliphatic carbocycles. The molecule has 0 atom stereocenters. The molecular weight excluding hydrogens is 240 g/mol. The van der Waals surface area contributed by atoms with Gasteiger partial charge in [0.25, 0.3) is 0 Å². The lowest BCUT2D eigenvalue weighted by atomic mass is 10.2. The Morgan fingerprint density at radius 1 is 0.833 bits per heavy atom. The molecule has 0 spiro atoms. The maximum absolute atomic E-state index is 6.03. The van der Waals surface area contributed by atoms with Crippen molar-refractivity contribution in [3.05, 3.63) is 12.2 Å². The fraction of sp³-hybridized carbons (Fsp3) is 0.875. The molecule has 0 saturated heterocycles. The third kappa shape index (κ3) is 12.5. The largest absolute Gasteiger partial charge is 0.337 e. The van der Waals surface area contributed by atoms with Gasteiger partial charge >= 0.3 is 0 Å². The first-order valence-electron chi connectivity index (χ1n) is 7.62. The highest BCUT2D eigenvalue weighted by atomic mass is 32.3. The standard InChI is InChI=1S/C16H34OS/c1-5-7-9-10-11-12-13-14-15-17-18(3,4)16-8-6-2/h11-12H,5-10,13-16H2,1-4H3/b12-11-. The van der Waals surface area contributed by atoms with Crippen molar-refractivity contribution in [2.45, 2.75) is 65.2 Å². The smallest absolute Gasteiger partial charge is 0.0595 e. The first-order chi connectivity index (χ1) is 8.62. The Bertz CT molecular complexity index is 199. The molecule has 110 valence electrons. The SMILES string of the molecule is CCCCC/C=C\CCCOS(C)(C)CCCC. The van der Waals surface area contributed by atoms with Crippen molar-refractivity contribution >= 4 is 10.3 Å². The van der Waals surface area contributed by atoms with Crippen molar-refractivity contribution in [3.8, 4) is 0 Å². The van der Waals surface area contributed by atoms with E-state index in [1.165, 1.54) is 57.1 Å². The van der Waals surface area contributed by atoms with Gasteiger partial charge in [-0.2, -0.15) is 0 Å². The van der Waals surface area contributed by atoms with E-state index in [0.29, 0.717) is 0 Å². The van der Waals surface area contributed by atoms with Crippen LogP contribution in [0, 0.1) is 0 Å². The van der Waals surface area contributed by atoms with Gasteiger partial charge < -0.3 is 4.18 Å². The second-order valence-electron chi connectivity index (χ2n) is 5.43. The summed E-state index contributed by atoms with van der Waals surface area (Å²) < 4.78 is 6.03. The van der Waals surface area contributed by atoms with Crippen LogP contribution in [-0.4, -0.2) is 24.9 Å². The number of hydrogen-bond acceptors (Lipinski definition) is 1. The van der Waals surface area contributed by atoms with Gasteiger partial charge in [0.1, 0.15) is 0 Å². The Kier molecular flexibility index (Phi) is 12.1. The maximum Gasteiger partial charge on any atom is 0.0595 e. The molecule has 0 bridgehead atoms. The van der Waals surface area contributed by atoms with Gasteiger partial charge in [-0.25, -0.2) is 0 Å².